The first kappa shape index (κ1) is 17.6. The number of hydrogen-bond acceptors (Lipinski definition) is 4. The lowest BCUT2D eigenvalue weighted by Gasteiger charge is -2.05. The number of nitrogens with one attached hydrogen (secondary N) is 1. The predicted molar refractivity (Wildman–Crippen MR) is 102 cm³/mol. The number of carbonyl (C=O) groups is 1. The molecule has 0 spiro atoms. The van der Waals surface area contributed by atoms with Crippen LogP contribution in [-0.2, 0) is 17.6 Å². The van der Waals surface area contributed by atoms with Crippen LogP contribution in [-0.4, -0.2) is 22.4 Å². The second-order valence-corrected chi connectivity index (χ2v) is 7.17. The van der Waals surface area contributed by atoms with Gasteiger partial charge in [0.25, 0.3) is 0 Å². The molecule has 3 rings (SSSR count). The Kier molecular flexibility index (Phi) is 5.79. The van der Waals surface area contributed by atoms with Gasteiger partial charge in [0.2, 0.25) is 5.91 Å². The molecule has 0 saturated heterocycles. The molecule has 25 heavy (non-hydrogen) atoms. The summed E-state index contributed by atoms with van der Waals surface area (Å²) < 4.78 is 0. The Balaban J connectivity index is 1.53. The molecule has 128 valence electrons. The van der Waals surface area contributed by atoms with Gasteiger partial charge in [0.15, 0.2) is 0 Å². The van der Waals surface area contributed by atoms with E-state index in [4.69, 9.17) is 11.6 Å². The summed E-state index contributed by atoms with van der Waals surface area (Å²) in [6.45, 7) is 2.59. The van der Waals surface area contributed by atoms with Crippen molar-refractivity contribution in [2.75, 3.05) is 6.54 Å². The molecular weight excluding hydrogens is 354 g/mol. The third-order valence-corrected chi connectivity index (χ3v) is 5.22. The van der Waals surface area contributed by atoms with Crippen LogP contribution in [0.2, 0.25) is 5.02 Å². The highest BCUT2D eigenvalue weighted by Gasteiger charge is 2.10. The molecule has 1 N–H and O–H groups in total. The van der Waals surface area contributed by atoms with Gasteiger partial charge in [-0.1, -0.05) is 29.8 Å². The SMILES string of the molecule is Cc1nc(-c2ccccn2)sc1CCNC(=O)Cc1ccc(Cl)cc1. The average Bonchev–Trinajstić information content (AvgIpc) is 2.99. The number of rotatable bonds is 6. The average molecular weight is 372 g/mol. The fourth-order valence-electron chi connectivity index (χ4n) is 2.42. The van der Waals surface area contributed by atoms with Gasteiger partial charge in [-0.05, 0) is 36.8 Å². The number of carbonyl (C=O) groups excluding carboxylic acids is 1. The van der Waals surface area contributed by atoms with E-state index in [1.165, 1.54) is 4.88 Å². The minimum Gasteiger partial charge on any atom is -0.355 e. The van der Waals surface area contributed by atoms with E-state index < -0.39 is 0 Å². The fraction of sp³-hybridized carbons (Fsp3) is 0.211. The van der Waals surface area contributed by atoms with Crippen LogP contribution in [0, 0.1) is 6.92 Å². The lowest BCUT2D eigenvalue weighted by atomic mass is 10.1. The summed E-state index contributed by atoms with van der Waals surface area (Å²) >= 11 is 7.48. The summed E-state index contributed by atoms with van der Waals surface area (Å²) in [5.74, 6) is 0.00874. The number of thiazole rings is 1. The minimum absolute atomic E-state index is 0.00874. The smallest absolute Gasteiger partial charge is 0.224 e. The van der Waals surface area contributed by atoms with Crippen molar-refractivity contribution in [2.24, 2.45) is 0 Å². The van der Waals surface area contributed by atoms with E-state index in [9.17, 15) is 4.79 Å². The van der Waals surface area contributed by atoms with Crippen molar-refractivity contribution in [1.29, 1.82) is 0 Å². The van der Waals surface area contributed by atoms with Gasteiger partial charge in [0.1, 0.15) is 5.01 Å². The first-order chi connectivity index (χ1) is 12.1. The number of aromatic nitrogens is 2. The Labute approximate surface area is 155 Å². The molecule has 2 heterocycles. The maximum absolute atomic E-state index is 12.0. The Morgan fingerprint density at radius 2 is 2.00 bits per heavy atom. The molecule has 0 aliphatic carbocycles. The number of hydrogen-bond donors (Lipinski definition) is 1. The monoisotopic (exact) mass is 371 g/mol. The molecule has 0 fully saturated rings. The molecule has 2 aromatic heterocycles. The number of amides is 1. The molecule has 0 atom stereocenters. The van der Waals surface area contributed by atoms with Crippen molar-refractivity contribution in [2.45, 2.75) is 19.8 Å². The van der Waals surface area contributed by atoms with Crippen molar-refractivity contribution in [3.8, 4) is 10.7 Å². The van der Waals surface area contributed by atoms with E-state index in [0.717, 1.165) is 28.4 Å². The summed E-state index contributed by atoms with van der Waals surface area (Å²) in [6, 6.07) is 13.1. The zero-order valence-electron chi connectivity index (χ0n) is 13.8. The maximum Gasteiger partial charge on any atom is 0.224 e. The van der Waals surface area contributed by atoms with Crippen LogP contribution in [0.5, 0.6) is 0 Å². The van der Waals surface area contributed by atoms with Gasteiger partial charge in [0, 0.05) is 29.1 Å². The van der Waals surface area contributed by atoms with E-state index in [2.05, 4.69) is 15.3 Å². The molecular formula is C19H18ClN3OS. The van der Waals surface area contributed by atoms with Gasteiger partial charge >= 0.3 is 0 Å². The molecule has 1 amide bonds. The number of halogens is 1. The van der Waals surface area contributed by atoms with Crippen LogP contribution in [0.3, 0.4) is 0 Å². The molecule has 0 aliphatic heterocycles. The minimum atomic E-state index is 0.00874. The summed E-state index contributed by atoms with van der Waals surface area (Å²) in [5, 5.41) is 4.55. The molecule has 0 bridgehead atoms. The highest BCUT2D eigenvalue weighted by Crippen LogP contribution is 2.26. The summed E-state index contributed by atoms with van der Waals surface area (Å²) in [7, 11) is 0. The van der Waals surface area contributed by atoms with Crippen LogP contribution in [0.4, 0.5) is 0 Å². The molecule has 4 nitrogen and oxygen atoms in total. The van der Waals surface area contributed by atoms with Gasteiger partial charge in [-0.15, -0.1) is 11.3 Å². The summed E-state index contributed by atoms with van der Waals surface area (Å²) in [6.07, 6.45) is 2.89. The molecule has 0 aliphatic rings. The topological polar surface area (TPSA) is 54.9 Å². The second kappa shape index (κ2) is 8.23. The van der Waals surface area contributed by atoms with E-state index >= 15 is 0 Å². The fourth-order valence-corrected chi connectivity index (χ4v) is 3.59. The zero-order valence-corrected chi connectivity index (χ0v) is 15.4. The Hall–Kier alpha value is -2.24. The zero-order chi connectivity index (χ0) is 17.6. The van der Waals surface area contributed by atoms with Gasteiger partial charge in [0.05, 0.1) is 17.8 Å². The molecule has 0 saturated carbocycles. The highest BCUT2D eigenvalue weighted by molar-refractivity contribution is 7.15. The molecule has 6 heteroatoms. The first-order valence-electron chi connectivity index (χ1n) is 8.00. The van der Waals surface area contributed by atoms with Crippen LogP contribution in [0.15, 0.2) is 48.7 Å². The lowest BCUT2D eigenvalue weighted by molar-refractivity contribution is -0.120. The Bertz CT molecular complexity index is 847. The second-order valence-electron chi connectivity index (χ2n) is 5.65. The highest BCUT2D eigenvalue weighted by atomic mass is 35.5. The van der Waals surface area contributed by atoms with Crippen molar-refractivity contribution < 1.29 is 4.79 Å². The van der Waals surface area contributed by atoms with Crippen molar-refractivity contribution in [3.63, 3.8) is 0 Å². The molecule has 3 aromatic rings. The third-order valence-electron chi connectivity index (χ3n) is 3.73. The quantitative estimate of drug-likeness (QED) is 0.710. The van der Waals surface area contributed by atoms with Gasteiger partial charge in [-0.3, -0.25) is 9.78 Å². The predicted octanol–water partition coefficient (Wildman–Crippen LogP) is 4.07. The summed E-state index contributed by atoms with van der Waals surface area (Å²) in [4.78, 5) is 22.1. The number of nitrogens with zero attached hydrogens (tertiary/aromatic N) is 2. The van der Waals surface area contributed by atoms with E-state index in [1.54, 1.807) is 29.7 Å². The Morgan fingerprint density at radius 3 is 2.72 bits per heavy atom. The van der Waals surface area contributed by atoms with E-state index in [0.29, 0.717) is 18.0 Å². The normalized spacial score (nSPS) is 10.6. The summed E-state index contributed by atoms with van der Waals surface area (Å²) in [5.41, 5.74) is 2.83. The third kappa shape index (κ3) is 4.87. The first-order valence-corrected chi connectivity index (χ1v) is 9.20. The molecule has 0 unspecified atom stereocenters. The number of pyridine rings is 1. The number of aryl methyl sites for hydroxylation is 1. The van der Waals surface area contributed by atoms with E-state index in [-0.39, 0.29) is 5.91 Å². The van der Waals surface area contributed by atoms with Gasteiger partial charge in [-0.25, -0.2) is 4.98 Å². The van der Waals surface area contributed by atoms with Crippen LogP contribution < -0.4 is 5.32 Å². The van der Waals surface area contributed by atoms with Gasteiger partial charge in [-0.2, -0.15) is 0 Å². The van der Waals surface area contributed by atoms with Crippen molar-refractivity contribution in [1.82, 2.24) is 15.3 Å². The molecule has 1 aromatic carbocycles. The Morgan fingerprint density at radius 1 is 1.20 bits per heavy atom. The van der Waals surface area contributed by atoms with Crippen molar-refractivity contribution in [3.05, 3.63) is 69.8 Å². The largest absolute Gasteiger partial charge is 0.355 e. The van der Waals surface area contributed by atoms with Crippen LogP contribution in [0.25, 0.3) is 10.7 Å². The lowest BCUT2D eigenvalue weighted by Crippen LogP contribution is -2.27. The van der Waals surface area contributed by atoms with E-state index in [1.807, 2.05) is 37.3 Å². The molecule has 0 radical (unpaired) electrons. The van der Waals surface area contributed by atoms with Crippen LogP contribution >= 0.6 is 22.9 Å². The standard InChI is InChI=1S/C19H18ClN3OS/c1-13-17(25-19(23-13)16-4-2-3-10-21-16)9-11-22-18(24)12-14-5-7-15(20)8-6-14/h2-8,10H,9,11-12H2,1H3,(H,22,24). The van der Waals surface area contributed by atoms with Crippen LogP contribution in [0.1, 0.15) is 16.1 Å². The van der Waals surface area contributed by atoms with Gasteiger partial charge < -0.3 is 5.32 Å². The van der Waals surface area contributed by atoms with Crippen molar-refractivity contribution >= 4 is 28.8 Å². The number of benzene rings is 1. The maximum atomic E-state index is 12.0.